The van der Waals surface area contributed by atoms with Crippen LogP contribution in [0.4, 0.5) is 4.79 Å². The lowest BCUT2D eigenvalue weighted by Crippen LogP contribution is -2.57. The van der Waals surface area contributed by atoms with E-state index >= 15 is 0 Å². The average molecular weight is 339 g/mol. The zero-order chi connectivity index (χ0) is 17.0. The zero-order valence-corrected chi connectivity index (χ0v) is 14.7. The fourth-order valence-corrected chi connectivity index (χ4v) is 3.68. The van der Waals surface area contributed by atoms with Crippen LogP contribution in [0.25, 0.3) is 0 Å². The molecule has 0 aromatic carbocycles. The zero-order valence-electron chi connectivity index (χ0n) is 13.8. The summed E-state index contributed by atoms with van der Waals surface area (Å²) in [6.07, 6.45) is 1.60. The van der Waals surface area contributed by atoms with E-state index in [1.807, 2.05) is 43.2 Å². The Morgan fingerprint density at radius 1 is 1.43 bits per heavy atom. The largest absolute Gasteiger partial charge is 0.480 e. The molecule has 0 radical (unpaired) electrons. The topological polar surface area (TPSA) is 81.7 Å². The van der Waals surface area contributed by atoms with Gasteiger partial charge in [-0.15, -0.1) is 11.3 Å². The third-order valence-electron chi connectivity index (χ3n) is 4.27. The highest BCUT2D eigenvalue weighted by molar-refractivity contribution is 7.10. The standard InChI is InChI=1S/C16H25N3O3S/c1-4-19(10-14(20)21)12-8-11(9-12)17-15(22)18-16(2,3)13-6-5-7-23-13/h5-7,11-12H,4,8-10H2,1-3H3,(H,20,21)(H2,17,18,22). The number of carbonyl (C=O) groups is 2. The van der Waals surface area contributed by atoms with Crippen LogP contribution >= 0.6 is 11.3 Å². The van der Waals surface area contributed by atoms with E-state index in [0.717, 1.165) is 17.7 Å². The van der Waals surface area contributed by atoms with Crippen LogP contribution in [0.3, 0.4) is 0 Å². The second-order valence-electron chi connectivity index (χ2n) is 6.48. The van der Waals surface area contributed by atoms with Gasteiger partial charge in [-0.25, -0.2) is 4.79 Å². The summed E-state index contributed by atoms with van der Waals surface area (Å²) in [5, 5.41) is 16.9. The van der Waals surface area contributed by atoms with Gasteiger partial charge in [-0.3, -0.25) is 9.69 Å². The predicted octanol–water partition coefficient (Wildman–Crippen LogP) is 2.22. The Bertz CT molecular complexity index is 539. The smallest absolute Gasteiger partial charge is 0.317 e. The van der Waals surface area contributed by atoms with Crippen LogP contribution in [0.1, 0.15) is 38.5 Å². The quantitative estimate of drug-likeness (QED) is 0.711. The molecule has 6 nitrogen and oxygen atoms in total. The van der Waals surface area contributed by atoms with Gasteiger partial charge in [0, 0.05) is 17.0 Å². The summed E-state index contributed by atoms with van der Waals surface area (Å²) in [6.45, 7) is 6.69. The molecular formula is C16H25N3O3S. The molecule has 1 fully saturated rings. The highest BCUT2D eigenvalue weighted by Crippen LogP contribution is 2.27. The van der Waals surface area contributed by atoms with Gasteiger partial charge in [-0.2, -0.15) is 0 Å². The van der Waals surface area contributed by atoms with Crippen LogP contribution < -0.4 is 10.6 Å². The highest BCUT2D eigenvalue weighted by atomic mass is 32.1. The second-order valence-corrected chi connectivity index (χ2v) is 7.43. The molecule has 1 aromatic rings. The molecular weight excluding hydrogens is 314 g/mol. The lowest BCUT2D eigenvalue weighted by atomic mass is 9.85. The third kappa shape index (κ3) is 4.68. The number of carboxylic acids is 1. The number of aliphatic carboxylic acids is 1. The normalized spacial score (nSPS) is 20.9. The predicted molar refractivity (Wildman–Crippen MR) is 90.7 cm³/mol. The molecule has 128 valence electrons. The Hall–Kier alpha value is -1.60. The fraction of sp³-hybridized carbons (Fsp3) is 0.625. The van der Waals surface area contributed by atoms with Gasteiger partial charge in [0.25, 0.3) is 0 Å². The number of nitrogens with zero attached hydrogens (tertiary/aromatic N) is 1. The van der Waals surface area contributed by atoms with Gasteiger partial charge in [-0.1, -0.05) is 13.0 Å². The Kier molecular flexibility index (Phi) is 5.64. The van der Waals surface area contributed by atoms with Gasteiger partial charge in [-0.05, 0) is 44.7 Å². The van der Waals surface area contributed by atoms with Gasteiger partial charge in [0.2, 0.25) is 0 Å². The van der Waals surface area contributed by atoms with Crippen molar-refractivity contribution in [2.45, 2.75) is 51.2 Å². The number of urea groups is 1. The minimum absolute atomic E-state index is 0.0610. The Balaban J connectivity index is 1.77. The fourth-order valence-electron chi connectivity index (χ4n) is 2.88. The summed E-state index contributed by atoms with van der Waals surface area (Å²) >= 11 is 1.62. The molecule has 0 unspecified atom stereocenters. The third-order valence-corrected chi connectivity index (χ3v) is 5.47. The van der Waals surface area contributed by atoms with E-state index in [2.05, 4.69) is 10.6 Å². The summed E-state index contributed by atoms with van der Waals surface area (Å²) in [4.78, 5) is 26.0. The first-order chi connectivity index (χ1) is 10.8. The number of thiophene rings is 1. The summed E-state index contributed by atoms with van der Waals surface area (Å²) in [7, 11) is 0. The molecule has 0 bridgehead atoms. The number of hydrogen-bond donors (Lipinski definition) is 3. The van der Waals surface area contributed by atoms with Crippen molar-refractivity contribution in [3.05, 3.63) is 22.4 Å². The first-order valence-corrected chi connectivity index (χ1v) is 8.78. The summed E-state index contributed by atoms with van der Waals surface area (Å²) < 4.78 is 0. The SMILES string of the molecule is CCN(CC(=O)O)C1CC(NC(=O)NC(C)(C)c2cccs2)C1. The lowest BCUT2D eigenvalue weighted by Gasteiger charge is -2.42. The number of carboxylic acid groups (broad SMARTS) is 1. The molecule has 2 rings (SSSR count). The molecule has 1 heterocycles. The summed E-state index contributed by atoms with van der Waals surface area (Å²) in [6, 6.07) is 4.16. The number of hydrogen-bond acceptors (Lipinski definition) is 4. The van der Waals surface area contributed by atoms with Gasteiger partial charge in [0.05, 0.1) is 12.1 Å². The molecule has 0 saturated heterocycles. The maximum absolute atomic E-state index is 12.2. The van der Waals surface area contributed by atoms with Crippen molar-refractivity contribution in [2.24, 2.45) is 0 Å². The Morgan fingerprint density at radius 3 is 2.65 bits per heavy atom. The van der Waals surface area contributed by atoms with Crippen molar-refractivity contribution in [1.29, 1.82) is 0 Å². The molecule has 0 atom stereocenters. The van der Waals surface area contributed by atoms with E-state index in [1.54, 1.807) is 11.3 Å². The van der Waals surface area contributed by atoms with Gasteiger partial charge < -0.3 is 15.7 Å². The van der Waals surface area contributed by atoms with Crippen LogP contribution in [0.15, 0.2) is 17.5 Å². The lowest BCUT2D eigenvalue weighted by molar-refractivity contribution is -0.139. The van der Waals surface area contributed by atoms with Crippen LogP contribution in [0.2, 0.25) is 0 Å². The molecule has 1 aliphatic rings. The summed E-state index contributed by atoms with van der Waals surface area (Å²) in [5.41, 5.74) is -0.403. The molecule has 0 aliphatic heterocycles. The molecule has 1 aliphatic carbocycles. The number of likely N-dealkylation sites (N-methyl/N-ethyl adjacent to an activating group) is 1. The van der Waals surface area contributed by atoms with Crippen LogP contribution in [0, 0.1) is 0 Å². The van der Waals surface area contributed by atoms with Crippen molar-refractivity contribution >= 4 is 23.3 Å². The minimum atomic E-state index is -0.807. The van der Waals surface area contributed by atoms with Gasteiger partial charge in [0.1, 0.15) is 0 Å². The van der Waals surface area contributed by atoms with Gasteiger partial charge >= 0.3 is 12.0 Å². The maximum atomic E-state index is 12.2. The molecule has 7 heteroatoms. The number of nitrogens with one attached hydrogen (secondary N) is 2. The van der Waals surface area contributed by atoms with Crippen molar-refractivity contribution in [2.75, 3.05) is 13.1 Å². The van der Waals surface area contributed by atoms with E-state index in [4.69, 9.17) is 5.11 Å². The molecule has 1 saturated carbocycles. The highest BCUT2D eigenvalue weighted by Gasteiger charge is 2.35. The summed E-state index contributed by atoms with van der Waals surface area (Å²) in [5.74, 6) is -0.807. The Labute approximate surface area is 140 Å². The molecule has 3 N–H and O–H groups in total. The van der Waals surface area contributed by atoms with E-state index in [9.17, 15) is 9.59 Å². The van der Waals surface area contributed by atoms with Crippen LogP contribution in [-0.4, -0.2) is 47.2 Å². The van der Waals surface area contributed by atoms with Crippen molar-refractivity contribution in [1.82, 2.24) is 15.5 Å². The van der Waals surface area contributed by atoms with E-state index < -0.39 is 11.5 Å². The van der Waals surface area contributed by atoms with E-state index in [1.165, 1.54) is 0 Å². The molecule has 1 aromatic heterocycles. The molecule has 23 heavy (non-hydrogen) atoms. The van der Waals surface area contributed by atoms with Crippen LogP contribution in [-0.2, 0) is 10.3 Å². The average Bonchev–Trinajstić information content (AvgIpc) is 2.94. The van der Waals surface area contributed by atoms with Crippen molar-refractivity contribution in [3.8, 4) is 0 Å². The monoisotopic (exact) mass is 339 g/mol. The second kappa shape index (κ2) is 7.31. The van der Waals surface area contributed by atoms with E-state index in [0.29, 0.717) is 6.54 Å². The minimum Gasteiger partial charge on any atom is -0.480 e. The maximum Gasteiger partial charge on any atom is 0.317 e. The van der Waals surface area contributed by atoms with Crippen molar-refractivity contribution < 1.29 is 14.7 Å². The van der Waals surface area contributed by atoms with E-state index in [-0.39, 0.29) is 24.7 Å². The number of amides is 2. The van der Waals surface area contributed by atoms with Crippen LogP contribution in [0.5, 0.6) is 0 Å². The first-order valence-electron chi connectivity index (χ1n) is 7.90. The number of rotatable bonds is 7. The van der Waals surface area contributed by atoms with Crippen molar-refractivity contribution in [3.63, 3.8) is 0 Å². The Morgan fingerprint density at radius 2 is 2.13 bits per heavy atom. The molecule has 0 spiro atoms. The molecule has 2 amide bonds. The first kappa shape index (κ1) is 17.7. The van der Waals surface area contributed by atoms with Gasteiger partial charge in [0.15, 0.2) is 0 Å². The number of carbonyl (C=O) groups excluding carboxylic acids is 1.